The average molecular weight is 197 g/mol. The maximum Gasteiger partial charge on any atom is 0.377 e. The lowest BCUT2D eigenvalue weighted by Gasteiger charge is -2.20. The second-order valence-electron chi connectivity index (χ2n) is 3.64. The SMILES string of the molecule is CCN1CCCC1Cc1nc(=O)[nH]o1. The van der Waals surface area contributed by atoms with Crippen molar-refractivity contribution in [2.24, 2.45) is 0 Å². The van der Waals surface area contributed by atoms with Crippen LogP contribution in [0, 0.1) is 0 Å². The van der Waals surface area contributed by atoms with Crippen molar-refractivity contribution in [1.82, 2.24) is 15.0 Å². The van der Waals surface area contributed by atoms with Crippen molar-refractivity contribution in [2.75, 3.05) is 13.1 Å². The van der Waals surface area contributed by atoms with Crippen molar-refractivity contribution in [1.29, 1.82) is 0 Å². The lowest BCUT2D eigenvalue weighted by atomic mass is 10.1. The molecule has 1 atom stereocenters. The fraction of sp³-hybridized carbons (Fsp3) is 0.778. The first-order valence-corrected chi connectivity index (χ1v) is 5.08. The van der Waals surface area contributed by atoms with Gasteiger partial charge in [0.05, 0.1) is 0 Å². The highest BCUT2D eigenvalue weighted by Crippen LogP contribution is 2.19. The summed E-state index contributed by atoms with van der Waals surface area (Å²) in [5.41, 5.74) is -0.388. The maximum atomic E-state index is 10.7. The summed E-state index contributed by atoms with van der Waals surface area (Å²) in [6.07, 6.45) is 3.14. The normalized spacial score (nSPS) is 23.1. The number of rotatable bonds is 3. The van der Waals surface area contributed by atoms with Crippen LogP contribution < -0.4 is 5.69 Å². The molecule has 0 radical (unpaired) electrons. The summed E-state index contributed by atoms with van der Waals surface area (Å²) in [4.78, 5) is 16.9. The highest BCUT2D eigenvalue weighted by Gasteiger charge is 2.24. The van der Waals surface area contributed by atoms with Gasteiger partial charge in [0.1, 0.15) is 0 Å². The van der Waals surface area contributed by atoms with Crippen molar-refractivity contribution in [3.05, 3.63) is 16.4 Å². The van der Waals surface area contributed by atoms with Crippen molar-refractivity contribution < 1.29 is 4.52 Å². The Morgan fingerprint density at radius 2 is 2.57 bits per heavy atom. The van der Waals surface area contributed by atoms with Crippen LogP contribution in [0.5, 0.6) is 0 Å². The molecule has 5 nitrogen and oxygen atoms in total. The fourth-order valence-electron chi connectivity index (χ4n) is 2.09. The molecule has 1 fully saturated rings. The van der Waals surface area contributed by atoms with Crippen LogP contribution in [0.3, 0.4) is 0 Å². The molecule has 1 saturated heterocycles. The molecule has 1 aromatic heterocycles. The van der Waals surface area contributed by atoms with Crippen LogP contribution in [0.2, 0.25) is 0 Å². The molecule has 0 spiro atoms. The van der Waals surface area contributed by atoms with E-state index in [2.05, 4.69) is 22.0 Å². The van der Waals surface area contributed by atoms with E-state index in [-0.39, 0.29) is 5.69 Å². The summed E-state index contributed by atoms with van der Waals surface area (Å²) in [6.45, 7) is 4.36. The summed E-state index contributed by atoms with van der Waals surface area (Å²) >= 11 is 0. The zero-order chi connectivity index (χ0) is 9.97. The Kier molecular flexibility index (Phi) is 2.67. The molecule has 1 N–H and O–H groups in total. The standard InChI is InChI=1S/C9H15N3O2/c1-2-12-5-3-4-7(12)6-8-10-9(13)11-14-8/h7H,2-6H2,1H3,(H,11,13). The highest BCUT2D eigenvalue weighted by atomic mass is 16.5. The van der Waals surface area contributed by atoms with E-state index in [1.165, 1.54) is 12.8 Å². The minimum atomic E-state index is -0.388. The van der Waals surface area contributed by atoms with E-state index < -0.39 is 0 Å². The van der Waals surface area contributed by atoms with E-state index in [0.29, 0.717) is 11.9 Å². The van der Waals surface area contributed by atoms with Gasteiger partial charge in [0.2, 0.25) is 5.89 Å². The Hall–Kier alpha value is -1.10. The molecular weight excluding hydrogens is 182 g/mol. The largest absolute Gasteiger partial charge is 0.377 e. The van der Waals surface area contributed by atoms with Gasteiger partial charge in [0.15, 0.2) is 0 Å². The monoisotopic (exact) mass is 197 g/mol. The number of likely N-dealkylation sites (N-methyl/N-ethyl adjacent to an activating group) is 1. The Balaban J connectivity index is 2.00. The van der Waals surface area contributed by atoms with Gasteiger partial charge in [-0.1, -0.05) is 6.92 Å². The van der Waals surface area contributed by atoms with Crippen LogP contribution in [-0.4, -0.2) is 34.2 Å². The minimum Gasteiger partial charge on any atom is -0.362 e. The number of aromatic amines is 1. The molecule has 2 rings (SSSR count). The Labute approximate surface area is 82.1 Å². The molecule has 1 unspecified atom stereocenters. The second kappa shape index (κ2) is 3.96. The van der Waals surface area contributed by atoms with Gasteiger partial charge in [-0.2, -0.15) is 10.1 Å². The van der Waals surface area contributed by atoms with Crippen molar-refractivity contribution >= 4 is 0 Å². The molecule has 0 amide bonds. The van der Waals surface area contributed by atoms with E-state index in [4.69, 9.17) is 4.52 Å². The van der Waals surface area contributed by atoms with E-state index >= 15 is 0 Å². The number of hydrogen-bond donors (Lipinski definition) is 1. The smallest absolute Gasteiger partial charge is 0.362 e. The molecule has 0 bridgehead atoms. The lowest BCUT2D eigenvalue weighted by Crippen LogP contribution is -2.30. The molecule has 1 aromatic rings. The van der Waals surface area contributed by atoms with Gasteiger partial charge in [-0.15, -0.1) is 0 Å². The third kappa shape index (κ3) is 1.87. The Morgan fingerprint density at radius 3 is 3.21 bits per heavy atom. The van der Waals surface area contributed by atoms with Crippen LogP contribution in [0.1, 0.15) is 25.7 Å². The summed E-state index contributed by atoms with van der Waals surface area (Å²) in [5, 5.41) is 2.22. The van der Waals surface area contributed by atoms with Crippen LogP contribution in [0.25, 0.3) is 0 Å². The van der Waals surface area contributed by atoms with Crippen molar-refractivity contribution in [3.63, 3.8) is 0 Å². The maximum absolute atomic E-state index is 10.7. The average Bonchev–Trinajstić information content (AvgIpc) is 2.76. The summed E-state index contributed by atoms with van der Waals surface area (Å²) in [7, 11) is 0. The van der Waals surface area contributed by atoms with Gasteiger partial charge >= 0.3 is 5.69 Å². The predicted octanol–water partition coefficient (Wildman–Crippen LogP) is 0.390. The molecule has 1 aliphatic rings. The van der Waals surface area contributed by atoms with Crippen LogP contribution in [0.15, 0.2) is 9.32 Å². The number of nitrogens with one attached hydrogen (secondary N) is 1. The van der Waals surface area contributed by atoms with E-state index in [1.54, 1.807) is 0 Å². The third-order valence-corrected chi connectivity index (χ3v) is 2.80. The first-order chi connectivity index (χ1) is 6.79. The summed E-state index contributed by atoms with van der Waals surface area (Å²) in [6, 6.07) is 0.492. The van der Waals surface area contributed by atoms with E-state index in [9.17, 15) is 4.79 Å². The second-order valence-corrected chi connectivity index (χ2v) is 3.64. The molecule has 0 aromatic carbocycles. The Bertz CT molecular complexity index is 344. The van der Waals surface area contributed by atoms with Crippen molar-refractivity contribution in [3.8, 4) is 0 Å². The highest BCUT2D eigenvalue weighted by molar-refractivity contribution is 4.87. The van der Waals surface area contributed by atoms with Crippen LogP contribution in [0.4, 0.5) is 0 Å². The first kappa shape index (κ1) is 9.45. The summed E-state index contributed by atoms with van der Waals surface area (Å²) < 4.78 is 4.94. The molecule has 5 heteroatoms. The molecule has 78 valence electrons. The number of hydrogen-bond acceptors (Lipinski definition) is 4. The molecule has 0 aliphatic carbocycles. The van der Waals surface area contributed by atoms with E-state index in [0.717, 1.165) is 19.5 Å². The minimum absolute atomic E-state index is 0.388. The van der Waals surface area contributed by atoms with Gasteiger partial charge in [-0.05, 0) is 25.9 Å². The topological polar surface area (TPSA) is 62.1 Å². The van der Waals surface area contributed by atoms with Gasteiger partial charge in [0.25, 0.3) is 0 Å². The van der Waals surface area contributed by atoms with Gasteiger partial charge in [0, 0.05) is 12.5 Å². The summed E-state index contributed by atoms with van der Waals surface area (Å²) in [5.74, 6) is 0.528. The molecule has 14 heavy (non-hydrogen) atoms. The number of nitrogens with zero attached hydrogens (tertiary/aromatic N) is 2. The van der Waals surface area contributed by atoms with Crippen molar-refractivity contribution in [2.45, 2.75) is 32.2 Å². The number of H-pyrrole nitrogens is 1. The predicted molar refractivity (Wildman–Crippen MR) is 51.1 cm³/mol. The fourth-order valence-corrected chi connectivity index (χ4v) is 2.09. The lowest BCUT2D eigenvalue weighted by molar-refractivity contribution is 0.246. The third-order valence-electron chi connectivity index (χ3n) is 2.80. The first-order valence-electron chi connectivity index (χ1n) is 5.08. The van der Waals surface area contributed by atoms with E-state index in [1.807, 2.05) is 0 Å². The quantitative estimate of drug-likeness (QED) is 0.761. The zero-order valence-electron chi connectivity index (χ0n) is 8.32. The van der Waals surface area contributed by atoms with Gasteiger partial charge in [-0.25, -0.2) is 4.79 Å². The van der Waals surface area contributed by atoms with Gasteiger partial charge in [-0.3, -0.25) is 0 Å². The van der Waals surface area contributed by atoms with Gasteiger partial charge < -0.3 is 9.42 Å². The molecule has 2 heterocycles. The number of likely N-dealkylation sites (tertiary alicyclic amines) is 1. The molecule has 0 saturated carbocycles. The van der Waals surface area contributed by atoms with Crippen LogP contribution in [-0.2, 0) is 6.42 Å². The number of aromatic nitrogens is 2. The zero-order valence-corrected chi connectivity index (χ0v) is 8.32. The molecular formula is C9H15N3O2. The Morgan fingerprint density at radius 1 is 1.71 bits per heavy atom. The van der Waals surface area contributed by atoms with Crippen LogP contribution >= 0.6 is 0 Å². The molecule has 1 aliphatic heterocycles.